The van der Waals surface area contributed by atoms with Crippen LogP contribution in [0.4, 0.5) is 0 Å². The topological polar surface area (TPSA) is 79.0 Å². The number of hydrogen-bond donors (Lipinski definition) is 1. The van der Waals surface area contributed by atoms with E-state index in [9.17, 15) is 14.4 Å². The number of piperidine rings is 1. The van der Waals surface area contributed by atoms with Gasteiger partial charge in [-0.1, -0.05) is 38.5 Å². The Labute approximate surface area is 207 Å². The second-order valence-electron chi connectivity index (χ2n) is 11.3. The molecule has 1 aromatic carbocycles. The lowest BCUT2D eigenvalue weighted by molar-refractivity contribution is -0.136. The molecule has 4 fully saturated rings. The van der Waals surface area contributed by atoms with Crippen LogP contribution in [-0.4, -0.2) is 58.8 Å². The molecule has 3 amide bonds. The maximum absolute atomic E-state index is 13.0. The number of benzene rings is 1. The number of imide groups is 1. The number of carbonyl (C=O) groups excluding carboxylic acids is 3. The standard InChI is InChI=1S/C28H37N3O4/c32-26-13-12-24(27(33)29-26)31-17-19-14-21(10-11-22(19)28(31)34)35-25-9-5-4-8-23(25)30-15-20(16-30)18-6-2-1-3-7-18/h10-11,14,18,20,23-25H,1-9,12-13,15-17H2,(H,29,32,33)/t23-,24?,25-/m0/s1. The summed E-state index contributed by atoms with van der Waals surface area (Å²) >= 11 is 0. The summed E-state index contributed by atoms with van der Waals surface area (Å²) in [7, 11) is 0. The first kappa shape index (κ1) is 23.0. The van der Waals surface area contributed by atoms with Crippen LogP contribution in [0.2, 0.25) is 0 Å². The van der Waals surface area contributed by atoms with E-state index >= 15 is 0 Å². The minimum atomic E-state index is -0.580. The highest BCUT2D eigenvalue weighted by Gasteiger charge is 2.42. The van der Waals surface area contributed by atoms with Gasteiger partial charge in [0.2, 0.25) is 11.8 Å². The molecule has 2 saturated heterocycles. The molecular weight excluding hydrogens is 442 g/mol. The van der Waals surface area contributed by atoms with Crippen LogP contribution in [0.1, 0.15) is 86.6 Å². The van der Waals surface area contributed by atoms with Crippen LogP contribution >= 0.6 is 0 Å². The Bertz CT molecular complexity index is 998. The first-order valence-corrected chi connectivity index (χ1v) is 13.7. The predicted octanol–water partition coefficient (Wildman–Crippen LogP) is 3.65. The molecule has 5 aliphatic rings. The minimum absolute atomic E-state index is 0.133. The summed E-state index contributed by atoms with van der Waals surface area (Å²) in [4.78, 5) is 41.1. The monoisotopic (exact) mass is 479 g/mol. The number of rotatable bonds is 5. The summed E-state index contributed by atoms with van der Waals surface area (Å²) in [6, 6.07) is 5.66. The SMILES string of the molecule is O=C1CCC(N2Cc3cc(O[C@H]4CCCC[C@@H]4N4CC(C5CCCCC5)C4)ccc3C2=O)C(=O)N1. The minimum Gasteiger partial charge on any atom is -0.489 e. The van der Waals surface area contributed by atoms with E-state index in [4.69, 9.17) is 4.74 Å². The van der Waals surface area contributed by atoms with Gasteiger partial charge in [0.15, 0.2) is 0 Å². The van der Waals surface area contributed by atoms with E-state index in [1.165, 1.54) is 64.5 Å². The smallest absolute Gasteiger partial charge is 0.255 e. The van der Waals surface area contributed by atoms with Gasteiger partial charge < -0.3 is 9.64 Å². The molecule has 3 heterocycles. The fourth-order valence-corrected chi connectivity index (χ4v) is 7.15. The molecule has 2 saturated carbocycles. The quantitative estimate of drug-likeness (QED) is 0.653. The molecule has 6 rings (SSSR count). The van der Waals surface area contributed by atoms with Gasteiger partial charge in [0.25, 0.3) is 5.91 Å². The highest BCUT2D eigenvalue weighted by Crippen LogP contribution is 2.39. The third-order valence-electron chi connectivity index (χ3n) is 9.17. The van der Waals surface area contributed by atoms with E-state index in [1.54, 1.807) is 4.90 Å². The average Bonchev–Trinajstić information content (AvgIpc) is 3.15. The van der Waals surface area contributed by atoms with Crippen LogP contribution < -0.4 is 10.1 Å². The lowest BCUT2D eigenvalue weighted by atomic mass is 9.75. The molecule has 1 N–H and O–H groups in total. The molecule has 3 atom stereocenters. The van der Waals surface area contributed by atoms with E-state index in [0.29, 0.717) is 24.6 Å². The van der Waals surface area contributed by atoms with E-state index in [-0.39, 0.29) is 30.2 Å². The Morgan fingerprint density at radius 3 is 2.43 bits per heavy atom. The van der Waals surface area contributed by atoms with Crippen LogP contribution in [-0.2, 0) is 16.1 Å². The van der Waals surface area contributed by atoms with Crippen molar-refractivity contribution < 1.29 is 19.1 Å². The van der Waals surface area contributed by atoms with Gasteiger partial charge in [-0.05, 0) is 61.3 Å². The van der Waals surface area contributed by atoms with Gasteiger partial charge >= 0.3 is 0 Å². The average molecular weight is 480 g/mol. The normalized spacial score (nSPS) is 30.7. The van der Waals surface area contributed by atoms with Crippen LogP contribution in [0, 0.1) is 11.8 Å². The summed E-state index contributed by atoms with van der Waals surface area (Å²) in [6.07, 6.45) is 12.7. The third-order valence-corrected chi connectivity index (χ3v) is 9.17. The molecule has 2 aliphatic carbocycles. The maximum Gasteiger partial charge on any atom is 0.255 e. The number of likely N-dealkylation sites (tertiary alicyclic amines) is 1. The Balaban J connectivity index is 1.10. The highest BCUT2D eigenvalue weighted by atomic mass is 16.5. The van der Waals surface area contributed by atoms with Gasteiger partial charge in [-0.25, -0.2) is 0 Å². The molecule has 0 aromatic heterocycles. The summed E-state index contributed by atoms with van der Waals surface area (Å²) in [5.74, 6) is 1.87. The number of hydrogen-bond acceptors (Lipinski definition) is 5. The van der Waals surface area contributed by atoms with E-state index in [0.717, 1.165) is 29.6 Å². The van der Waals surface area contributed by atoms with Gasteiger partial charge in [-0.3, -0.25) is 24.6 Å². The fraction of sp³-hybridized carbons (Fsp3) is 0.679. The number of ether oxygens (including phenoxy) is 1. The first-order chi connectivity index (χ1) is 17.1. The van der Waals surface area contributed by atoms with Crippen LogP contribution in [0.3, 0.4) is 0 Å². The lowest BCUT2D eigenvalue weighted by Gasteiger charge is -2.51. The van der Waals surface area contributed by atoms with Gasteiger partial charge in [0.1, 0.15) is 17.9 Å². The molecule has 1 unspecified atom stereocenters. The molecule has 7 heteroatoms. The summed E-state index contributed by atoms with van der Waals surface area (Å²) in [5.41, 5.74) is 1.55. The van der Waals surface area contributed by atoms with Crippen molar-refractivity contribution in [2.45, 2.75) is 95.4 Å². The lowest BCUT2D eigenvalue weighted by Crippen LogP contribution is -2.59. The fourth-order valence-electron chi connectivity index (χ4n) is 7.15. The molecule has 0 radical (unpaired) electrons. The van der Waals surface area contributed by atoms with E-state index in [1.807, 2.05) is 18.2 Å². The summed E-state index contributed by atoms with van der Waals surface area (Å²) in [6.45, 7) is 2.85. The van der Waals surface area contributed by atoms with Crippen molar-refractivity contribution in [3.63, 3.8) is 0 Å². The van der Waals surface area contributed by atoms with Crippen molar-refractivity contribution in [2.24, 2.45) is 11.8 Å². The summed E-state index contributed by atoms with van der Waals surface area (Å²) in [5, 5.41) is 2.37. The van der Waals surface area contributed by atoms with Gasteiger partial charge in [0, 0.05) is 37.7 Å². The van der Waals surface area contributed by atoms with Crippen molar-refractivity contribution in [2.75, 3.05) is 13.1 Å². The van der Waals surface area contributed by atoms with Crippen molar-refractivity contribution in [3.05, 3.63) is 29.3 Å². The summed E-state index contributed by atoms with van der Waals surface area (Å²) < 4.78 is 6.59. The molecule has 7 nitrogen and oxygen atoms in total. The van der Waals surface area contributed by atoms with Crippen LogP contribution in [0.15, 0.2) is 18.2 Å². The van der Waals surface area contributed by atoms with Gasteiger partial charge in [-0.2, -0.15) is 0 Å². The number of carbonyl (C=O) groups is 3. The second kappa shape index (κ2) is 9.57. The van der Waals surface area contributed by atoms with Crippen LogP contribution in [0.5, 0.6) is 5.75 Å². The highest BCUT2D eigenvalue weighted by molar-refractivity contribution is 6.05. The molecular formula is C28H37N3O4. The van der Waals surface area contributed by atoms with Crippen molar-refractivity contribution in [3.8, 4) is 5.75 Å². The largest absolute Gasteiger partial charge is 0.489 e. The second-order valence-corrected chi connectivity index (χ2v) is 11.3. The molecule has 35 heavy (non-hydrogen) atoms. The number of nitrogens with one attached hydrogen (secondary N) is 1. The molecule has 188 valence electrons. The number of fused-ring (bicyclic) bond motifs is 1. The van der Waals surface area contributed by atoms with Gasteiger partial charge in [0.05, 0.1) is 0 Å². The first-order valence-electron chi connectivity index (χ1n) is 13.7. The Morgan fingerprint density at radius 2 is 1.63 bits per heavy atom. The molecule has 0 spiro atoms. The predicted molar refractivity (Wildman–Crippen MR) is 131 cm³/mol. The Kier molecular flexibility index (Phi) is 6.29. The van der Waals surface area contributed by atoms with Crippen LogP contribution in [0.25, 0.3) is 0 Å². The zero-order valence-corrected chi connectivity index (χ0v) is 20.5. The zero-order chi connectivity index (χ0) is 23.9. The van der Waals surface area contributed by atoms with E-state index in [2.05, 4.69) is 10.2 Å². The number of nitrogens with zero attached hydrogens (tertiary/aromatic N) is 2. The van der Waals surface area contributed by atoms with Crippen molar-refractivity contribution in [1.82, 2.24) is 15.1 Å². The zero-order valence-electron chi connectivity index (χ0n) is 20.5. The van der Waals surface area contributed by atoms with Crippen molar-refractivity contribution >= 4 is 17.7 Å². The van der Waals surface area contributed by atoms with Gasteiger partial charge in [-0.15, -0.1) is 0 Å². The molecule has 1 aromatic rings. The Morgan fingerprint density at radius 1 is 0.857 bits per heavy atom. The molecule has 0 bridgehead atoms. The maximum atomic E-state index is 13.0. The number of amides is 3. The third kappa shape index (κ3) is 4.48. The van der Waals surface area contributed by atoms with Crippen molar-refractivity contribution in [1.29, 1.82) is 0 Å². The Hall–Kier alpha value is -2.41. The molecule has 3 aliphatic heterocycles. The van der Waals surface area contributed by atoms with E-state index < -0.39 is 6.04 Å².